The fourth-order valence-electron chi connectivity index (χ4n) is 4.37. The van der Waals surface area contributed by atoms with Gasteiger partial charge in [0.2, 0.25) is 5.91 Å². The van der Waals surface area contributed by atoms with Crippen LogP contribution in [0.15, 0.2) is 12.3 Å². The summed E-state index contributed by atoms with van der Waals surface area (Å²) in [5.41, 5.74) is 1.45. The van der Waals surface area contributed by atoms with E-state index in [9.17, 15) is 9.59 Å². The van der Waals surface area contributed by atoms with Gasteiger partial charge in [0.05, 0.1) is 11.0 Å². The SMILES string of the molecule is Cc1c(C(=O)N2CCC3(CCCN(CC4CC4)C3=O)C2)ccn1C. The Balaban J connectivity index is 1.49. The molecule has 1 aromatic rings. The number of carbonyl (C=O) groups is 2. The Morgan fingerprint density at radius 2 is 2.08 bits per heavy atom. The monoisotopic (exact) mass is 329 g/mol. The van der Waals surface area contributed by atoms with Crippen LogP contribution >= 0.6 is 0 Å². The van der Waals surface area contributed by atoms with E-state index in [1.807, 2.05) is 35.7 Å². The number of amides is 2. The molecule has 1 unspecified atom stereocenters. The molecule has 130 valence electrons. The quantitative estimate of drug-likeness (QED) is 0.853. The van der Waals surface area contributed by atoms with Crippen molar-refractivity contribution in [3.05, 3.63) is 23.5 Å². The number of rotatable bonds is 3. The Bertz CT molecular complexity index is 676. The summed E-state index contributed by atoms with van der Waals surface area (Å²) in [6.45, 7) is 5.12. The highest BCUT2D eigenvalue weighted by molar-refractivity contribution is 5.96. The van der Waals surface area contributed by atoms with Crippen molar-refractivity contribution in [2.75, 3.05) is 26.2 Å². The third-order valence-electron chi connectivity index (χ3n) is 6.25. The lowest BCUT2D eigenvalue weighted by Gasteiger charge is -2.39. The summed E-state index contributed by atoms with van der Waals surface area (Å²) in [6, 6.07) is 1.89. The molecular formula is C19H27N3O2. The van der Waals surface area contributed by atoms with Gasteiger partial charge in [-0.2, -0.15) is 0 Å². The summed E-state index contributed by atoms with van der Waals surface area (Å²) in [5, 5.41) is 0. The van der Waals surface area contributed by atoms with Gasteiger partial charge in [0.25, 0.3) is 5.91 Å². The van der Waals surface area contributed by atoms with E-state index >= 15 is 0 Å². The Morgan fingerprint density at radius 3 is 2.75 bits per heavy atom. The summed E-state index contributed by atoms with van der Waals surface area (Å²) in [4.78, 5) is 29.9. The van der Waals surface area contributed by atoms with E-state index in [1.54, 1.807) is 0 Å². The molecule has 5 nitrogen and oxygen atoms in total. The second-order valence-electron chi connectivity index (χ2n) is 7.98. The molecule has 0 aromatic carbocycles. The first kappa shape index (κ1) is 15.7. The normalized spacial score (nSPS) is 27.3. The number of hydrogen-bond donors (Lipinski definition) is 0. The highest BCUT2D eigenvalue weighted by Crippen LogP contribution is 2.42. The second-order valence-corrected chi connectivity index (χ2v) is 7.98. The first-order valence-corrected chi connectivity index (χ1v) is 9.21. The van der Waals surface area contributed by atoms with Crippen LogP contribution in [0.5, 0.6) is 0 Å². The topological polar surface area (TPSA) is 45.6 Å². The van der Waals surface area contributed by atoms with E-state index in [-0.39, 0.29) is 11.3 Å². The number of hydrogen-bond acceptors (Lipinski definition) is 2. The van der Waals surface area contributed by atoms with Gasteiger partial charge in [0.15, 0.2) is 0 Å². The second kappa shape index (κ2) is 5.64. The van der Waals surface area contributed by atoms with Crippen LogP contribution in [0.1, 0.15) is 48.2 Å². The molecule has 3 aliphatic rings. The van der Waals surface area contributed by atoms with Gasteiger partial charge in [0.1, 0.15) is 0 Å². The fraction of sp³-hybridized carbons (Fsp3) is 0.684. The number of aryl methyl sites for hydroxylation is 1. The zero-order valence-electron chi connectivity index (χ0n) is 14.8. The summed E-state index contributed by atoms with van der Waals surface area (Å²) in [7, 11) is 1.96. The van der Waals surface area contributed by atoms with Crippen molar-refractivity contribution in [3.63, 3.8) is 0 Å². The number of carbonyl (C=O) groups excluding carboxylic acids is 2. The van der Waals surface area contributed by atoms with Gasteiger partial charge in [-0.15, -0.1) is 0 Å². The molecule has 3 fully saturated rings. The molecule has 2 saturated heterocycles. The van der Waals surface area contributed by atoms with Crippen molar-refractivity contribution < 1.29 is 9.59 Å². The fourth-order valence-corrected chi connectivity index (χ4v) is 4.37. The van der Waals surface area contributed by atoms with Gasteiger partial charge in [-0.1, -0.05) is 0 Å². The Kier molecular flexibility index (Phi) is 3.70. The largest absolute Gasteiger partial charge is 0.354 e. The average molecular weight is 329 g/mol. The lowest BCUT2D eigenvalue weighted by molar-refractivity contribution is -0.145. The summed E-state index contributed by atoms with van der Waals surface area (Å²) < 4.78 is 1.97. The maximum absolute atomic E-state index is 13.1. The van der Waals surface area contributed by atoms with Crippen molar-refractivity contribution in [1.29, 1.82) is 0 Å². The predicted molar refractivity (Wildman–Crippen MR) is 91.6 cm³/mol. The molecule has 2 amide bonds. The maximum Gasteiger partial charge on any atom is 0.255 e. The smallest absolute Gasteiger partial charge is 0.255 e. The first-order valence-electron chi connectivity index (χ1n) is 9.21. The number of aromatic nitrogens is 1. The van der Waals surface area contributed by atoms with Crippen molar-refractivity contribution in [2.24, 2.45) is 18.4 Å². The minimum atomic E-state index is -0.314. The predicted octanol–water partition coefficient (Wildman–Crippen LogP) is 2.20. The van der Waals surface area contributed by atoms with Crippen molar-refractivity contribution in [2.45, 2.75) is 39.0 Å². The van der Waals surface area contributed by atoms with E-state index in [0.717, 1.165) is 49.5 Å². The van der Waals surface area contributed by atoms with Crippen LogP contribution in [0.25, 0.3) is 0 Å². The van der Waals surface area contributed by atoms with E-state index in [0.29, 0.717) is 19.0 Å². The third-order valence-corrected chi connectivity index (χ3v) is 6.25. The highest BCUT2D eigenvalue weighted by Gasteiger charge is 2.50. The van der Waals surface area contributed by atoms with Gasteiger partial charge in [0, 0.05) is 45.1 Å². The summed E-state index contributed by atoms with van der Waals surface area (Å²) >= 11 is 0. The van der Waals surface area contributed by atoms with Crippen molar-refractivity contribution >= 4 is 11.8 Å². The van der Waals surface area contributed by atoms with E-state index < -0.39 is 0 Å². The molecule has 1 aliphatic carbocycles. The molecule has 0 N–H and O–H groups in total. The van der Waals surface area contributed by atoms with Crippen LogP contribution in [0.2, 0.25) is 0 Å². The van der Waals surface area contributed by atoms with Gasteiger partial charge in [-0.25, -0.2) is 0 Å². The van der Waals surface area contributed by atoms with Crippen LogP contribution < -0.4 is 0 Å². The van der Waals surface area contributed by atoms with E-state index in [1.165, 1.54) is 12.8 Å². The number of nitrogens with zero attached hydrogens (tertiary/aromatic N) is 3. The summed E-state index contributed by atoms with van der Waals surface area (Å²) in [6.07, 6.45) is 7.31. The summed E-state index contributed by atoms with van der Waals surface area (Å²) in [5.74, 6) is 1.12. The lowest BCUT2D eigenvalue weighted by atomic mass is 9.78. The molecule has 5 heteroatoms. The zero-order chi connectivity index (χ0) is 16.9. The Labute approximate surface area is 143 Å². The van der Waals surface area contributed by atoms with Gasteiger partial charge >= 0.3 is 0 Å². The molecule has 2 aliphatic heterocycles. The zero-order valence-corrected chi connectivity index (χ0v) is 14.8. The van der Waals surface area contributed by atoms with Crippen molar-refractivity contribution in [1.82, 2.24) is 14.4 Å². The maximum atomic E-state index is 13.1. The van der Waals surface area contributed by atoms with Crippen LogP contribution in [-0.4, -0.2) is 52.4 Å². The molecule has 3 heterocycles. The molecule has 1 atom stereocenters. The Hall–Kier alpha value is -1.78. The molecule has 4 rings (SSSR count). The minimum absolute atomic E-state index is 0.0806. The van der Waals surface area contributed by atoms with Crippen LogP contribution in [0.3, 0.4) is 0 Å². The Morgan fingerprint density at radius 1 is 1.29 bits per heavy atom. The number of piperidine rings is 1. The van der Waals surface area contributed by atoms with Crippen LogP contribution in [-0.2, 0) is 11.8 Å². The first-order chi connectivity index (χ1) is 11.5. The number of likely N-dealkylation sites (tertiary alicyclic amines) is 2. The third kappa shape index (κ3) is 2.54. The van der Waals surface area contributed by atoms with Gasteiger partial charge in [-0.3, -0.25) is 9.59 Å². The van der Waals surface area contributed by atoms with Gasteiger partial charge < -0.3 is 14.4 Å². The molecular weight excluding hydrogens is 302 g/mol. The van der Waals surface area contributed by atoms with Crippen LogP contribution in [0.4, 0.5) is 0 Å². The minimum Gasteiger partial charge on any atom is -0.354 e. The standard InChI is InChI=1S/C19H27N3O2/c1-14-16(6-10-20(14)2)17(23)22-11-8-19(13-22)7-3-9-21(18(19)24)12-15-4-5-15/h6,10,15H,3-5,7-9,11-13H2,1-2H3. The molecule has 1 aromatic heterocycles. The molecule has 0 bridgehead atoms. The van der Waals surface area contributed by atoms with Crippen molar-refractivity contribution in [3.8, 4) is 0 Å². The van der Waals surface area contributed by atoms with Crippen LogP contribution in [0, 0.1) is 18.3 Å². The molecule has 24 heavy (non-hydrogen) atoms. The average Bonchev–Trinajstić information content (AvgIpc) is 3.19. The van der Waals surface area contributed by atoms with E-state index in [4.69, 9.17) is 0 Å². The van der Waals surface area contributed by atoms with E-state index in [2.05, 4.69) is 4.90 Å². The lowest BCUT2D eigenvalue weighted by Crippen LogP contribution is -2.51. The molecule has 0 radical (unpaired) electrons. The molecule has 1 spiro atoms. The van der Waals surface area contributed by atoms with Gasteiger partial charge in [-0.05, 0) is 51.0 Å². The highest BCUT2D eigenvalue weighted by atomic mass is 16.2. The molecule has 1 saturated carbocycles.